The lowest BCUT2D eigenvalue weighted by Crippen LogP contribution is -2.55. The van der Waals surface area contributed by atoms with Crippen molar-refractivity contribution in [1.29, 1.82) is 0 Å². The molecular formula is C30H39O4P. The maximum atomic E-state index is 6.64. The molecule has 3 aliphatic rings. The normalized spacial score (nSPS) is 33.6. The van der Waals surface area contributed by atoms with Gasteiger partial charge in [0.15, 0.2) is 0 Å². The second-order valence-electron chi connectivity index (χ2n) is 10.6. The minimum Gasteiger partial charge on any atom is -0.378 e. The van der Waals surface area contributed by atoms with Gasteiger partial charge in [-0.3, -0.25) is 0 Å². The van der Waals surface area contributed by atoms with E-state index < -0.39 is 7.92 Å². The summed E-state index contributed by atoms with van der Waals surface area (Å²) in [5.74, 6) is 0.194. The standard InChI is InChI=1S/C30H39O4P/c1-22(2)15-16-26-29(3,34-26)28-27(31-4)25(17-18-30(28)21-33-30)32-19-20-35(23-11-7-5-8-12-23)24-13-9-6-10-14-24/h5-15,25-28H,16-21H2,1-4H3/t25-,26-,27-,28-,29+,30+/m1/s1. The smallest absolute Gasteiger partial charge is 0.101 e. The van der Waals surface area contributed by atoms with Crippen molar-refractivity contribution in [3.63, 3.8) is 0 Å². The van der Waals surface area contributed by atoms with Crippen LogP contribution in [0.15, 0.2) is 72.3 Å². The molecule has 2 aromatic rings. The average molecular weight is 495 g/mol. The van der Waals surface area contributed by atoms with E-state index in [4.69, 9.17) is 18.9 Å². The molecule has 0 amide bonds. The SMILES string of the molecule is CO[C@@H]1[C@H](OCCP(c2ccccc2)c2ccccc2)CC[C@]2(CO2)[C@H]1[C@@]1(C)O[C@@H]1CC=C(C)C. The molecule has 188 valence electrons. The fourth-order valence-electron chi connectivity index (χ4n) is 6.04. The number of hydrogen-bond acceptors (Lipinski definition) is 4. The molecule has 0 aromatic heterocycles. The van der Waals surface area contributed by atoms with Crippen LogP contribution in [0.25, 0.3) is 0 Å². The predicted octanol–water partition coefficient (Wildman–Crippen LogP) is 5.21. The van der Waals surface area contributed by atoms with Crippen molar-refractivity contribution in [1.82, 2.24) is 0 Å². The number of allylic oxidation sites excluding steroid dienone is 1. The van der Waals surface area contributed by atoms with Crippen LogP contribution >= 0.6 is 7.92 Å². The first-order chi connectivity index (χ1) is 17.0. The first kappa shape index (κ1) is 25.1. The molecule has 2 saturated heterocycles. The summed E-state index contributed by atoms with van der Waals surface area (Å²) in [7, 11) is 1.36. The third kappa shape index (κ3) is 5.29. The Morgan fingerprint density at radius 2 is 1.69 bits per heavy atom. The van der Waals surface area contributed by atoms with E-state index in [0.717, 1.165) is 38.6 Å². The van der Waals surface area contributed by atoms with E-state index in [1.54, 1.807) is 0 Å². The molecule has 0 N–H and O–H groups in total. The maximum absolute atomic E-state index is 6.64. The summed E-state index contributed by atoms with van der Waals surface area (Å²) in [6.07, 6.45) is 6.49. The van der Waals surface area contributed by atoms with E-state index in [-0.39, 0.29) is 35.4 Å². The summed E-state index contributed by atoms with van der Waals surface area (Å²) in [4.78, 5) is 0. The van der Waals surface area contributed by atoms with Crippen LogP contribution in [-0.2, 0) is 18.9 Å². The summed E-state index contributed by atoms with van der Waals surface area (Å²) in [6, 6.07) is 21.7. The Kier molecular flexibility index (Phi) is 7.49. The third-order valence-electron chi connectivity index (χ3n) is 8.02. The Labute approximate surface area is 211 Å². The summed E-state index contributed by atoms with van der Waals surface area (Å²) >= 11 is 0. The molecule has 2 aliphatic heterocycles. The van der Waals surface area contributed by atoms with Gasteiger partial charge in [-0.25, -0.2) is 0 Å². The molecule has 1 spiro atoms. The maximum Gasteiger partial charge on any atom is 0.101 e. The summed E-state index contributed by atoms with van der Waals surface area (Å²) in [6.45, 7) is 8.08. The zero-order valence-electron chi connectivity index (χ0n) is 21.5. The summed E-state index contributed by atoms with van der Waals surface area (Å²) in [5, 5.41) is 2.79. The predicted molar refractivity (Wildman–Crippen MR) is 143 cm³/mol. The topological polar surface area (TPSA) is 43.5 Å². The van der Waals surface area contributed by atoms with E-state index in [2.05, 4.69) is 87.5 Å². The molecular weight excluding hydrogens is 455 g/mol. The number of benzene rings is 2. The van der Waals surface area contributed by atoms with E-state index >= 15 is 0 Å². The van der Waals surface area contributed by atoms with Crippen LogP contribution in [0.3, 0.4) is 0 Å². The van der Waals surface area contributed by atoms with Gasteiger partial charge in [0.2, 0.25) is 0 Å². The van der Waals surface area contributed by atoms with E-state index in [1.165, 1.54) is 16.2 Å². The van der Waals surface area contributed by atoms with Crippen LogP contribution < -0.4 is 10.6 Å². The Balaban J connectivity index is 1.27. The molecule has 2 aromatic carbocycles. The van der Waals surface area contributed by atoms with Crippen molar-refractivity contribution in [2.45, 2.75) is 69.5 Å². The molecule has 2 heterocycles. The molecule has 0 bridgehead atoms. The van der Waals surface area contributed by atoms with Crippen molar-refractivity contribution >= 4 is 18.5 Å². The minimum atomic E-state index is -0.464. The summed E-state index contributed by atoms with van der Waals surface area (Å²) < 4.78 is 25.3. The molecule has 1 saturated carbocycles. The zero-order chi connectivity index (χ0) is 24.5. The van der Waals surface area contributed by atoms with Gasteiger partial charge >= 0.3 is 0 Å². The Hall–Kier alpha value is -1.55. The number of ether oxygens (including phenoxy) is 4. The first-order valence-electron chi connectivity index (χ1n) is 12.9. The van der Waals surface area contributed by atoms with Crippen LogP contribution in [-0.4, -0.2) is 56.0 Å². The molecule has 5 rings (SSSR count). The second kappa shape index (κ2) is 10.4. The number of rotatable bonds is 10. The highest BCUT2D eigenvalue weighted by Crippen LogP contribution is 2.59. The molecule has 3 fully saturated rings. The molecule has 0 unspecified atom stereocenters. The Morgan fingerprint density at radius 1 is 1.06 bits per heavy atom. The Bertz CT molecular complexity index is 962. The largest absolute Gasteiger partial charge is 0.378 e. The van der Waals surface area contributed by atoms with Crippen molar-refractivity contribution in [2.24, 2.45) is 5.92 Å². The Morgan fingerprint density at radius 3 is 2.23 bits per heavy atom. The number of epoxide rings is 2. The molecule has 6 atom stereocenters. The fourth-order valence-corrected chi connectivity index (χ4v) is 8.21. The van der Waals surface area contributed by atoms with Crippen molar-refractivity contribution in [2.75, 3.05) is 26.5 Å². The van der Waals surface area contributed by atoms with Gasteiger partial charge in [0.05, 0.1) is 43.0 Å². The van der Waals surface area contributed by atoms with Crippen LogP contribution in [0.4, 0.5) is 0 Å². The molecule has 0 radical (unpaired) electrons. The third-order valence-corrected chi connectivity index (χ3v) is 10.5. The van der Waals surface area contributed by atoms with Gasteiger partial charge in [0.25, 0.3) is 0 Å². The molecule has 35 heavy (non-hydrogen) atoms. The van der Waals surface area contributed by atoms with Crippen molar-refractivity contribution < 1.29 is 18.9 Å². The van der Waals surface area contributed by atoms with Gasteiger partial charge in [-0.05, 0) is 64.7 Å². The van der Waals surface area contributed by atoms with Gasteiger partial charge in [0.1, 0.15) is 5.60 Å². The van der Waals surface area contributed by atoms with Gasteiger partial charge in [0, 0.05) is 7.11 Å². The van der Waals surface area contributed by atoms with Gasteiger partial charge in [-0.15, -0.1) is 0 Å². The van der Waals surface area contributed by atoms with Gasteiger partial charge in [-0.1, -0.05) is 72.3 Å². The zero-order valence-corrected chi connectivity index (χ0v) is 22.4. The second-order valence-corrected chi connectivity index (χ2v) is 12.9. The highest BCUT2D eigenvalue weighted by Gasteiger charge is 2.71. The lowest BCUT2D eigenvalue weighted by atomic mass is 9.68. The van der Waals surface area contributed by atoms with Crippen LogP contribution in [0.2, 0.25) is 0 Å². The highest BCUT2D eigenvalue weighted by molar-refractivity contribution is 7.73. The number of hydrogen-bond donors (Lipinski definition) is 0. The van der Waals surface area contributed by atoms with Gasteiger partial charge in [-0.2, -0.15) is 0 Å². The van der Waals surface area contributed by atoms with E-state index in [1.807, 2.05) is 7.11 Å². The van der Waals surface area contributed by atoms with Crippen molar-refractivity contribution in [3.05, 3.63) is 72.3 Å². The monoisotopic (exact) mass is 494 g/mol. The van der Waals surface area contributed by atoms with E-state index in [0.29, 0.717) is 0 Å². The molecule has 4 nitrogen and oxygen atoms in total. The lowest BCUT2D eigenvalue weighted by Gasteiger charge is -2.43. The molecule has 1 aliphatic carbocycles. The fraction of sp³-hybridized carbons (Fsp3) is 0.533. The average Bonchev–Trinajstić information content (AvgIpc) is 3.79. The summed E-state index contributed by atoms with van der Waals surface area (Å²) in [5.41, 5.74) is 1.02. The lowest BCUT2D eigenvalue weighted by molar-refractivity contribution is -0.136. The van der Waals surface area contributed by atoms with Gasteiger partial charge < -0.3 is 18.9 Å². The minimum absolute atomic E-state index is 0.0207. The van der Waals surface area contributed by atoms with Crippen LogP contribution in [0.1, 0.15) is 40.0 Å². The van der Waals surface area contributed by atoms with Crippen LogP contribution in [0.5, 0.6) is 0 Å². The quantitative estimate of drug-likeness (QED) is 0.258. The first-order valence-corrected chi connectivity index (χ1v) is 14.5. The number of methoxy groups -OCH3 is 1. The molecule has 5 heteroatoms. The highest BCUT2D eigenvalue weighted by atomic mass is 31.1. The van der Waals surface area contributed by atoms with E-state index in [9.17, 15) is 0 Å². The van der Waals surface area contributed by atoms with Crippen LogP contribution in [0, 0.1) is 5.92 Å². The van der Waals surface area contributed by atoms with Crippen molar-refractivity contribution in [3.8, 4) is 0 Å².